The smallest absolute Gasteiger partial charge is 0.347 e. The Labute approximate surface area is 150 Å². The second-order valence-corrected chi connectivity index (χ2v) is 8.59. The molecule has 3 heterocycles. The quantitative estimate of drug-likeness (QED) is 0.678. The highest BCUT2D eigenvalue weighted by Crippen LogP contribution is 2.29. The molecule has 0 atom stereocenters. The molecular formula is C18H17N3O4S. The zero-order valence-corrected chi connectivity index (χ0v) is 15.0. The molecule has 3 aromatic rings. The fourth-order valence-electron chi connectivity index (χ4n) is 3.14. The van der Waals surface area contributed by atoms with Gasteiger partial charge >= 0.3 is 5.63 Å². The van der Waals surface area contributed by atoms with Crippen LogP contribution in [0.5, 0.6) is 0 Å². The van der Waals surface area contributed by atoms with Crippen LogP contribution in [0.1, 0.15) is 5.56 Å². The van der Waals surface area contributed by atoms with Crippen LogP contribution in [0.25, 0.3) is 22.4 Å². The van der Waals surface area contributed by atoms with E-state index in [-0.39, 0.29) is 17.4 Å². The Morgan fingerprint density at radius 1 is 1.12 bits per heavy atom. The van der Waals surface area contributed by atoms with Crippen LogP contribution in [0.2, 0.25) is 0 Å². The summed E-state index contributed by atoms with van der Waals surface area (Å²) in [4.78, 5) is 23.2. The molecule has 4 rings (SSSR count). The van der Waals surface area contributed by atoms with Crippen molar-refractivity contribution >= 4 is 26.6 Å². The topological polar surface area (TPSA) is 93.4 Å². The number of aromatic nitrogens is 2. The zero-order valence-electron chi connectivity index (χ0n) is 14.2. The van der Waals surface area contributed by atoms with Crippen molar-refractivity contribution in [2.45, 2.75) is 6.92 Å². The van der Waals surface area contributed by atoms with Gasteiger partial charge in [0.05, 0.1) is 28.0 Å². The van der Waals surface area contributed by atoms with Gasteiger partial charge in [-0.15, -0.1) is 0 Å². The SMILES string of the molecule is Cc1cccc2nc(-c3cccnc3N3CCS(=O)(=O)CC3)oc(=O)c12. The molecule has 1 aliphatic rings. The molecular weight excluding hydrogens is 354 g/mol. The van der Waals surface area contributed by atoms with Gasteiger partial charge < -0.3 is 9.32 Å². The van der Waals surface area contributed by atoms with Crippen molar-refractivity contribution in [1.82, 2.24) is 9.97 Å². The van der Waals surface area contributed by atoms with Crippen molar-refractivity contribution in [3.05, 3.63) is 52.5 Å². The van der Waals surface area contributed by atoms with Crippen molar-refractivity contribution in [1.29, 1.82) is 0 Å². The molecule has 2 aromatic heterocycles. The predicted molar refractivity (Wildman–Crippen MR) is 99.1 cm³/mol. The van der Waals surface area contributed by atoms with Crippen LogP contribution < -0.4 is 10.5 Å². The van der Waals surface area contributed by atoms with Crippen LogP contribution in [0.4, 0.5) is 5.82 Å². The summed E-state index contributed by atoms with van der Waals surface area (Å²) in [7, 11) is -3.00. The van der Waals surface area contributed by atoms with Gasteiger partial charge in [-0.1, -0.05) is 12.1 Å². The Kier molecular flexibility index (Phi) is 3.99. The van der Waals surface area contributed by atoms with Gasteiger partial charge in [0.15, 0.2) is 9.84 Å². The third-order valence-electron chi connectivity index (χ3n) is 4.53. The summed E-state index contributed by atoms with van der Waals surface area (Å²) in [5, 5.41) is 0.464. The van der Waals surface area contributed by atoms with Gasteiger partial charge in [0, 0.05) is 19.3 Å². The molecule has 26 heavy (non-hydrogen) atoms. The second-order valence-electron chi connectivity index (χ2n) is 6.29. The number of hydrogen-bond donors (Lipinski definition) is 0. The lowest BCUT2D eigenvalue weighted by atomic mass is 10.1. The van der Waals surface area contributed by atoms with Crippen molar-refractivity contribution in [2.75, 3.05) is 29.5 Å². The molecule has 0 N–H and O–H groups in total. The Morgan fingerprint density at radius 3 is 2.65 bits per heavy atom. The highest BCUT2D eigenvalue weighted by atomic mass is 32.2. The van der Waals surface area contributed by atoms with E-state index in [1.54, 1.807) is 24.4 Å². The molecule has 0 amide bonds. The van der Waals surface area contributed by atoms with Gasteiger partial charge in [-0.2, -0.15) is 0 Å². The van der Waals surface area contributed by atoms with Crippen molar-refractivity contribution < 1.29 is 12.8 Å². The van der Waals surface area contributed by atoms with Crippen LogP contribution in [0.15, 0.2) is 45.7 Å². The lowest BCUT2D eigenvalue weighted by Crippen LogP contribution is -2.41. The number of aryl methyl sites for hydroxylation is 1. The summed E-state index contributed by atoms with van der Waals surface area (Å²) in [6, 6.07) is 8.96. The fourth-order valence-corrected chi connectivity index (χ4v) is 4.34. The van der Waals surface area contributed by atoms with Crippen LogP contribution in [-0.2, 0) is 9.84 Å². The van der Waals surface area contributed by atoms with E-state index in [0.717, 1.165) is 5.56 Å². The van der Waals surface area contributed by atoms with Crippen LogP contribution >= 0.6 is 0 Å². The van der Waals surface area contributed by atoms with Gasteiger partial charge in [0.25, 0.3) is 0 Å². The number of anilines is 1. The molecule has 1 fully saturated rings. The number of rotatable bonds is 2. The first-order valence-electron chi connectivity index (χ1n) is 8.26. The molecule has 8 heteroatoms. The minimum Gasteiger partial charge on any atom is -0.403 e. The van der Waals surface area contributed by atoms with Gasteiger partial charge in [0.2, 0.25) is 5.89 Å². The molecule has 0 bridgehead atoms. The van der Waals surface area contributed by atoms with E-state index < -0.39 is 15.5 Å². The number of nitrogens with zero attached hydrogens (tertiary/aromatic N) is 3. The Balaban J connectivity index is 1.82. The maximum atomic E-state index is 12.4. The van der Waals surface area contributed by atoms with Gasteiger partial charge in [0.1, 0.15) is 5.82 Å². The highest BCUT2D eigenvalue weighted by Gasteiger charge is 2.25. The molecule has 134 valence electrons. The molecule has 1 aromatic carbocycles. The first kappa shape index (κ1) is 16.7. The van der Waals surface area contributed by atoms with E-state index in [2.05, 4.69) is 9.97 Å². The molecule has 0 aliphatic carbocycles. The summed E-state index contributed by atoms with van der Waals surface area (Å²) in [6.07, 6.45) is 1.63. The lowest BCUT2D eigenvalue weighted by molar-refractivity contribution is 0.517. The zero-order chi connectivity index (χ0) is 18.3. The number of benzene rings is 1. The fraction of sp³-hybridized carbons (Fsp3) is 0.278. The van der Waals surface area contributed by atoms with Crippen LogP contribution in [0.3, 0.4) is 0 Å². The minimum absolute atomic E-state index is 0.0807. The van der Waals surface area contributed by atoms with Gasteiger partial charge in [-0.3, -0.25) is 0 Å². The maximum absolute atomic E-state index is 12.4. The third-order valence-corrected chi connectivity index (χ3v) is 6.14. The minimum atomic E-state index is -3.00. The first-order chi connectivity index (χ1) is 12.4. The van der Waals surface area contributed by atoms with E-state index in [0.29, 0.717) is 35.4 Å². The highest BCUT2D eigenvalue weighted by molar-refractivity contribution is 7.91. The average molecular weight is 371 g/mol. The van der Waals surface area contributed by atoms with Crippen molar-refractivity contribution in [3.8, 4) is 11.5 Å². The number of hydrogen-bond acceptors (Lipinski definition) is 7. The van der Waals surface area contributed by atoms with E-state index in [4.69, 9.17) is 4.42 Å². The predicted octanol–water partition coefficient (Wildman–Crippen LogP) is 1.79. The molecule has 7 nitrogen and oxygen atoms in total. The summed E-state index contributed by atoms with van der Waals surface area (Å²) in [6.45, 7) is 2.54. The number of fused-ring (bicyclic) bond motifs is 1. The Morgan fingerprint density at radius 2 is 1.88 bits per heavy atom. The number of pyridine rings is 1. The largest absolute Gasteiger partial charge is 0.403 e. The van der Waals surface area contributed by atoms with E-state index in [1.807, 2.05) is 24.0 Å². The molecule has 1 aliphatic heterocycles. The number of sulfone groups is 1. The van der Waals surface area contributed by atoms with E-state index in [1.165, 1.54) is 0 Å². The molecule has 0 saturated carbocycles. The van der Waals surface area contributed by atoms with Crippen molar-refractivity contribution in [2.24, 2.45) is 0 Å². The maximum Gasteiger partial charge on any atom is 0.347 e. The molecule has 0 spiro atoms. The second kappa shape index (κ2) is 6.21. The van der Waals surface area contributed by atoms with Gasteiger partial charge in [-0.25, -0.2) is 23.2 Å². The van der Waals surface area contributed by atoms with Crippen molar-refractivity contribution in [3.63, 3.8) is 0 Å². The summed E-state index contributed by atoms with van der Waals surface area (Å²) in [5.41, 5.74) is 1.50. The molecule has 0 radical (unpaired) electrons. The summed E-state index contributed by atoms with van der Waals surface area (Å²) in [5.74, 6) is 0.920. The van der Waals surface area contributed by atoms with E-state index >= 15 is 0 Å². The normalized spacial score (nSPS) is 16.7. The van der Waals surface area contributed by atoms with E-state index in [9.17, 15) is 13.2 Å². The monoisotopic (exact) mass is 371 g/mol. The standard InChI is InChI=1S/C18H17N3O4S/c1-12-4-2-6-14-15(12)18(22)25-17(20-14)13-5-3-7-19-16(13)21-8-10-26(23,24)11-9-21/h2-7H,8-11H2,1H3. The Bertz CT molecular complexity index is 1140. The third kappa shape index (κ3) is 2.96. The molecule has 1 saturated heterocycles. The van der Waals surface area contributed by atoms with Crippen LogP contribution in [-0.4, -0.2) is 43.0 Å². The first-order valence-corrected chi connectivity index (χ1v) is 10.1. The van der Waals surface area contributed by atoms with Gasteiger partial charge in [-0.05, 0) is 30.7 Å². The molecule has 0 unspecified atom stereocenters. The Hall–Kier alpha value is -2.74. The average Bonchev–Trinajstić information content (AvgIpc) is 2.61. The summed E-state index contributed by atoms with van der Waals surface area (Å²) < 4.78 is 28.9. The lowest BCUT2D eigenvalue weighted by Gasteiger charge is -2.28. The summed E-state index contributed by atoms with van der Waals surface area (Å²) >= 11 is 0. The van der Waals surface area contributed by atoms with Crippen LogP contribution in [0, 0.1) is 6.92 Å².